The Kier molecular flexibility index (Phi) is 2.94. The van der Waals surface area contributed by atoms with Gasteiger partial charge in [0.2, 0.25) is 5.95 Å². The molecule has 0 fully saturated rings. The highest BCUT2D eigenvalue weighted by Gasteiger charge is 2.14. The van der Waals surface area contributed by atoms with Crippen molar-refractivity contribution in [1.29, 1.82) is 0 Å². The van der Waals surface area contributed by atoms with Gasteiger partial charge >= 0.3 is 0 Å². The minimum Gasteiger partial charge on any atom is -0.357 e. The van der Waals surface area contributed by atoms with Crippen molar-refractivity contribution in [3.63, 3.8) is 0 Å². The average Bonchev–Trinajstić information content (AvgIpc) is 2.93. The minimum atomic E-state index is -0.293. The molecular formula is C13H13FN6. The van der Waals surface area contributed by atoms with E-state index in [1.165, 1.54) is 12.1 Å². The van der Waals surface area contributed by atoms with E-state index in [2.05, 4.69) is 25.3 Å². The molecule has 20 heavy (non-hydrogen) atoms. The van der Waals surface area contributed by atoms with Gasteiger partial charge in [0.15, 0.2) is 11.5 Å². The van der Waals surface area contributed by atoms with E-state index in [1.54, 1.807) is 24.3 Å². The van der Waals surface area contributed by atoms with Crippen LogP contribution in [0.1, 0.15) is 0 Å². The van der Waals surface area contributed by atoms with E-state index >= 15 is 0 Å². The number of H-pyrrole nitrogens is 1. The smallest absolute Gasteiger partial charge is 0.226 e. The van der Waals surface area contributed by atoms with E-state index in [9.17, 15) is 4.39 Å². The van der Waals surface area contributed by atoms with Crippen LogP contribution in [-0.4, -0.2) is 34.0 Å². The molecule has 2 N–H and O–H groups in total. The molecule has 0 aliphatic heterocycles. The standard InChI is InChI=1S/C13H13FN6/c1-15-13-18-11-10(16-7-17-11)12(19-13)20(2)9-5-3-4-8(14)6-9/h3-7H,1-2H3,(H2,15,16,17,18,19). The van der Waals surface area contributed by atoms with Crippen LogP contribution in [0.2, 0.25) is 0 Å². The van der Waals surface area contributed by atoms with Gasteiger partial charge in [-0.1, -0.05) is 6.07 Å². The van der Waals surface area contributed by atoms with Crippen LogP contribution < -0.4 is 10.2 Å². The zero-order chi connectivity index (χ0) is 14.1. The Balaban J connectivity index is 2.15. The molecule has 3 rings (SSSR count). The van der Waals surface area contributed by atoms with Gasteiger partial charge < -0.3 is 15.2 Å². The third-order valence-electron chi connectivity index (χ3n) is 3.00. The molecule has 0 aliphatic rings. The predicted molar refractivity (Wildman–Crippen MR) is 75.7 cm³/mol. The summed E-state index contributed by atoms with van der Waals surface area (Å²) in [6.45, 7) is 0. The Hall–Kier alpha value is -2.70. The van der Waals surface area contributed by atoms with Crippen LogP contribution in [0.5, 0.6) is 0 Å². The topological polar surface area (TPSA) is 69.7 Å². The van der Waals surface area contributed by atoms with Crippen LogP contribution >= 0.6 is 0 Å². The van der Waals surface area contributed by atoms with E-state index < -0.39 is 0 Å². The molecule has 102 valence electrons. The molecule has 0 spiro atoms. The minimum absolute atomic E-state index is 0.293. The van der Waals surface area contributed by atoms with E-state index in [1.807, 2.05) is 13.1 Å². The molecule has 0 amide bonds. The van der Waals surface area contributed by atoms with Crippen molar-refractivity contribution in [2.45, 2.75) is 0 Å². The number of anilines is 3. The number of aromatic nitrogens is 4. The molecule has 0 bridgehead atoms. The fourth-order valence-electron chi connectivity index (χ4n) is 1.98. The van der Waals surface area contributed by atoms with E-state index in [0.29, 0.717) is 28.6 Å². The SMILES string of the molecule is CNc1nc(N(C)c2cccc(F)c2)c2[nH]cnc2n1. The van der Waals surface area contributed by atoms with Gasteiger partial charge in [0.25, 0.3) is 0 Å². The number of hydrogen-bond acceptors (Lipinski definition) is 5. The number of imidazole rings is 1. The second-order valence-electron chi connectivity index (χ2n) is 4.26. The third kappa shape index (κ3) is 2.03. The Morgan fingerprint density at radius 1 is 1.30 bits per heavy atom. The highest BCUT2D eigenvalue weighted by Crippen LogP contribution is 2.28. The van der Waals surface area contributed by atoms with Crippen LogP contribution in [0, 0.1) is 5.82 Å². The summed E-state index contributed by atoms with van der Waals surface area (Å²) in [5.41, 5.74) is 1.96. The zero-order valence-electron chi connectivity index (χ0n) is 11.1. The van der Waals surface area contributed by atoms with Crippen molar-refractivity contribution in [3.05, 3.63) is 36.4 Å². The Bertz CT molecular complexity index is 753. The summed E-state index contributed by atoms with van der Waals surface area (Å²) in [5.74, 6) is 0.795. The number of nitrogens with zero attached hydrogens (tertiary/aromatic N) is 4. The molecule has 0 aliphatic carbocycles. The van der Waals surface area contributed by atoms with Gasteiger partial charge in [0, 0.05) is 19.8 Å². The van der Waals surface area contributed by atoms with Crippen LogP contribution in [0.3, 0.4) is 0 Å². The fourth-order valence-corrected chi connectivity index (χ4v) is 1.98. The fraction of sp³-hybridized carbons (Fsp3) is 0.154. The summed E-state index contributed by atoms with van der Waals surface area (Å²) >= 11 is 0. The molecule has 0 atom stereocenters. The number of aromatic amines is 1. The number of halogens is 1. The van der Waals surface area contributed by atoms with Crippen molar-refractivity contribution in [1.82, 2.24) is 19.9 Å². The summed E-state index contributed by atoms with van der Waals surface area (Å²) in [5, 5.41) is 2.89. The van der Waals surface area contributed by atoms with E-state index in [0.717, 1.165) is 0 Å². The molecule has 0 saturated heterocycles. The van der Waals surface area contributed by atoms with E-state index in [-0.39, 0.29) is 5.82 Å². The number of nitrogens with one attached hydrogen (secondary N) is 2. The number of hydrogen-bond donors (Lipinski definition) is 2. The lowest BCUT2D eigenvalue weighted by atomic mass is 10.3. The zero-order valence-corrected chi connectivity index (χ0v) is 11.1. The van der Waals surface area contributed by atoms with Crippen molar-refractivity contribution >= 4 is 28.6 Å². The van der Waals surface area contributed by atoms with Crippen LogP contribution in [0.25, 0.3) is 11.2 Å². The Labute approximate surface area is 114 Å². The second-order valence-corrected chi connectivity index (χ2v) is 4.26. The molecule has 0 radical (unpaired) electrons. The maximum Gasteiger partial charge on any atom is 0.226 e. The number of rotatable bonds is 3. The summed E-state index contributed by atoms with van der Waals surface area (Å²) in [7, 11) is 3.55. The van der Waals surface area contributed by atoms with Crippen molar-refractivity contribution < 1.29 is 4.39 Å². The highest BCUT2D eigenvalue weighted by molar-refractivity contribution is 5.86. The lowest BCUT2D eigenvalue weighted by Gasteiger charge is -2.19. The normalized spacial score (nSPS) is 10.8. The molecule has 0 saturated carbocycles. The molecule has 1 aromatic carbocycles. The highest BCUT2D eigenvalue weighted by atomic mass is 19.1. The summed E-state index contributed by atoms with van der Waals surface area (Å²) in [6, 6.07) is 6.32. The Morgan fingerprint density at radius 3 is 2.90 bits per heavy atom. The average molecular weight is 272 g/mol. The lowest BCUT2D eigenvalue weighted by molar-refractivity contribution is 0.628. The second kappa shape index (κ2) is 4.76. The van der Waals surface area contributed by atoms with Gasteiger partial charge in [0.05, 0.1) is 6.33 Å². The third-order valence-corrected chi connectivity index (χ3v) is 3.00. The van der Waals surface area contributed by atoms with Gasteiger partial charge in [-0.3, -0.25) is 0 Å². The molecule has 0 unspecified atom stereocenters. The van der Waals surface area contributed by atoms with Crippen LogP contribution in [-0.2, 0) is 0 Å². The van der Waals surface area contributed by atoms with Crippen molar-refractivity contribution in [2.24, 2.45) is 0 Å². The largest absolute Gasteiger partial charge is 0.357 e. The van der Waals surface area contributed by atoms with Gasteiger partial charge in [-0.2, -0.15) is 9.97 Å². The first-order chi connectivity index (χ1) is 9.69. The maximum absolute atomic E-state index is 13.4. The van der Waals surface area contributed by atoms with Crippen LogP contribution in [0.15, 0.2) is 30.6 Å². The molecular weight excluding hydrogens is 259 g/mol. The molecule has 2 heterocycles. The van der Waals surface area contributed by atoms with E-state index in [4.69, 9.17) is 0 Å². The van der Waals surface area contributed by atoms with Gasteiger partial charge in [-0.15, -0.1) is 0 Å². The molecule has 2 aromatic heterocycles. The number of benzene rings is 1. The van der Waals surface area contributed by atoms with Gasteiger partial charge in [0.1, 0.15) is 11.3 Å². The molecule has 3 aromatic rings. The van der Waals surface area contributed by atoms with Crippen molar-refractivity contribution in [2.75, 3.05) is 24.3 Å². The monoisotopic (exact) mass is 272 g/mol. The van der Waals surface area contributed by atoms with Crippen LogP contribution in [0.4, 0.5) is 21.8 Å². The quantitative estimate of drug-likeness (QED) is 0.765. The van der Waals surface area contributed by atoms with Gasteiger partial charge in [-0.05, 0) is 18.2 Å². The Morgan fingerprint density at radius 2 is 2.15 bits per heavy atom. The van der Waals surface area contributed by atoms with Gasteiger partial charge in [-0.25, -0.2) is 9.37 Å². The lowest BCUT2D eigenvalue weighted by Crippen LogP contribution is -2.13. The first-order valence-electron chi connectivity index (χ1n) is 6.07. The summed E-state index contributed by atoms with van der Waals surface area (Å²) in [6.07, 6.45) is 1.56. The molecule has 6 nitrogen and oxygen atoms in total. The first kappa shape index (κ1) is 12.3. The number of fused-ring (bicyclic) bond motifs is 1. The summed E-state index contributed by atoms with van der Waals surface area (Å²) < 4.78 is 13.4. The molecule has 7 heteroatoms. The predicted octanol–water partition coefficient (Wildman–Crippen LogP) is 2.30. The van der Waals surface area contributed by atoms with Crippen molar-refractivity contribution in [3.8, 4) is 0 Å². The summed E-state index contributed by atoms with van der Waals surface area (Å²) in [4.78, 5) is 17.6. The maximum atomic E-state index is 13.4. The first-order valence-corrected chi connectivity index (χ1v) is 6.07.